The van der Waals surface area contributed by atoms with E-state index >= 15 is 0 Å². The maximum Gasteiger partial charge on any atom is 0.138 e. The van der Waals surface area contributed by atoms with E-state index in [2.05, 4.69) is 191 Å². The molecule has 0 spiro atoms. The van der Waals surface area contributed by atoms with Crippen molar-refractivity contribution >= 4 is 34.4 Å². The van der Waals surface area contributed by atoms with Gasteiger partial charge in [-0.2, -0.15) is 0 Å². The monoisotopic (exact) mass is 729 g/mol. The number of thiol groups is 1. The molecule has 54 heavy (non-hydrogen) atoms. The molecule has 0 aliphatic heterocycles. The standard InChI is InChI=1S/C50H55N3S/c1-47(2,3)34-20-17-31(18-21-34)32-23-24-51-41(25-32)33-19-22-38-37-15-13-14-16-43(37)53(44(38)26-33)45-30-36(49(7,8)9)29-42(52-45)39-27-35(48(4,5)6)28-40(46(39)54)50(10,11)12/h13-30,54H,1-12H3. The average Bonchev–Trinajstić information content (AvgIpc) is 3.43. The highest BCUT2D eigenvalue weighted by atomic mass is 32.1. The number of hydrogen-bond donors (Lipinski definition) is 1. The molecule has 0 radical (unpaired) electrons. The number of aromatic nitrogens is 3. The molecule has 0 N–H and O–H groups in total. The van der Waals surface area contributed by atoms with Gasteiger partial charge in [0.05, 0.1) is 22.4 Å². The van der Waals surface area contributed by atoms with Gasteiger partial charge in [0.1, 0.15) is 5.82 Å². The Morgan fingerprint density at radius 2 is 1.09 bits per heavy atom. The third kappa shape index (κ3) is 7.13. The molecular formula is C50H55N3S. The van der Waals surface area contributed by atoms with Gasteiger partial charge in [-0.1, -0.05) is 144 Å². The van der Waals surface area contributed by atoms with Crippen LogP contribution in [0.15, 0.2) is 114 Å². The van der Waals surface area contributed by atoms with Gasteiger partial charge in [0.15, 0.2) is 0 Å². The first kappa shape index (κ1) is 37.6. The molecule has 3 aromatic heterocycles. The van der Waals surface area contributed by atoms with Crippen LogP contribution in [0.2, 0.25) is 0 Å². The van der Waals surface area contributed by atoms with Crippen molar-refractivity contribution in [2.24, 2.45) is 0 Å². The molecule has 0 saturated heterocycles. The van der Waals surface area contributed by atoms with Crippen LogP contribution in [0.5, 0.6) is 0 Å². The normalized spacial score (nSPS) is 12.9. The van der Waals surface area contributed by atoms with Crippen LogP contribution in [-0.2, 0) is 21.7 Å². The smallest absolute Gasteiger partial charge is 0.138 e. The van der Waals surface area contributed by atoms with Gasteiger partial charge in [0.25, 0.3) is 0 Å². The first-order valence-corrected chi connectivity index (χ1v) is 19.7. The lowest BCUT2D eigenvalue weighted by Gasteiger charge is -2.29. The fraction of sp³-hybridized carbons (Fsp3) is 0.320. The summed E-state index contributed by atoms with van der Waals surface area (Å²) < 4.78 is 2.35. The lowest BCUT2D eigenvalue weighted by atomic mass is 9.78. The number of rotatable bonds is 4. The Balaban J connectivity index is 1.45. The van der Waals surface area contributed by atoms with E-state index < -0.39 is 0 Å². The number of pyridine rings is 2. The number of fused-ring (bicyclic) bond motifs is 3. The second kappa shape index (κ2) is 13.3. The zero-order chi connectivity index (χ0) is 39.0. The SMILES string of the molecule is CC(C)(C)c1ccc(-c2ccnc(-c3ccc4c5ccccc5n(-c5cc(C(C)(C)C)cc(-c6cc(C(C)(C)C)cc(C(C)(C)C)c6S)n5)c4c3)c2)cc1. The van der Waals surface area contributed by atoms with Crippen LogP contribution in [0, 0.1) is 0 Å². The lowest BCUT2D eigenvalue weighted by molar-refractivity contribution is 0.560. The van der Waals surface area contributed by atoms with Gasteiger partial charge in [-0.05, 0) is 97.5 Å². The zero-order valence-electron chi connectivity index (χ0n) is 34.2. The molecule has 276 valence electrons. The number of hydrogen-bond acceptors (Lipinski definition) is 3. The van der Waals surface area contributed by atoms with Crippen molar-refractivity contribution in [2.45, 2.75) is 110 Å². The second-order valence-corrected chi connectivity index (χ2v) is 19.6. The molecule has 3 nitrogen and oxygen atoms in total. The van der Waals surface area contributed by atoms with Crippen LogP contribution < -0.4 is 0 Å². The Kier molecular flexibility index (Phi) is 9.25. The van der Waals surface area contributed by atoms with Crippen LogP contribution in [-0.4, -0.2) is 14.5 Å². The maximum atomic E-state index is 5.55. The molecule has 4 heteroatoms. The van der Waals surface area contributed by atoms with Gasteiger partial charge in [-0.25, -0.2) is 4.98 Å². The van der Waals surface area contributed by atoms with E-state index in [-0.39, 0.29) is 21.7 Å². The van der Waals surface area contributed by atoms with E-state index in [0.29, 0.717) is 0 Å². The molecule has 0 aliphatic rings. The van der Waals surface area contributed by atoms with Crippen molar-refractivity contribution in [3.63, 3.8) is 0 Å². The van der Waals surface area contributed by atoms with E-state index in [0.717, 1.165) is 49.8 Å². The summed E-state index contributed by atoms with van der Waals surface area (Å²) in [5.74, 6) is 0.896. The van der Waals surface area contributed by atoms with Crippen molar-refractivity contribution in [2.75, 3.05) is 0 Å². The second-order valence-electron chi connectivity index (χ2n) is 19.1. The summed E-state index contributed by atoms with van der Waals surface area (Å²) in [5.41, 5.74) is 13.5. The van der Waals surface area contributed by atoms with Crippen LogP contribution in [0.3, 0.4) is 0 Å². The van der Waals surface area contributed by atoms with Crippen molar-refractivity contribution in [1.29, 1.82) is 0 Å². The first-order valence-electron chi connectivity index (χ1n) is 19.2. The zero-order valence-corrected chi connectivity index (χ0v) is 35.1. The summed E-state index contributed by atoms with van der Waals surface area (Å²) in [7, 11) is 0. The molecule has 0 saturated carbocycles. The van der Waals surface area contributed by atoms with Gasteiger partial charge >= 0.3 is 0 Å². The topological polar surface area (TPSA) is 30.7 Å². The van der Waals surface area contributed by atoms with Gasteiger partial charge in [0, 0.05) is 33.0 Å². The summed E-state index contributed by atoms with van der Waals surface area (Å²) in [6, 6.07) is 37.9. The third-order valence-corrected chi connectivity index (χ3v) is 11.3. The fourth-order valence-corrected chi connectivity index (χ4v) is 7.92. The van der Waals surface area contributed by atoms with E-state index in [1.807, 2.05) is 6.20 Å². The molecule has 7 rings (SSSR count). The minimum Gasteiger partial charge on any atom is -0.294 e. The Morgan fingerprint density at radius 1 is 0.481 bits per heavy atom. The predicted octanol–water partition coefficient (Wildman–Crippen LogP) is 14.1. The molecular weight excluding hydrogens is 675 g/mol. The summed E-state index contributed by atoms with van der Waals surface area (Å²) in [4.78, 5) is 11.4. The molecule has 4 aromatic carbocycles. The van der Waals surface area contributed by atoms with Gasteiger partial charge in [-0.3, -0.25) is 9.55 Å². The summed E-state index contributed by atoms with van der Waals surface area (Å²) in [6.45, 7) is 27.3. The van der Waals surface area contributed by atoms with E-state index in [4.69, 9.17) is 22.6 Å². The highest BCUT2D eigenvalue weighted by Crippen LogP contribution is 2.42. The van der Waals surface area contributed by atoms with Gasteiger partial charge in [0.2, 0.25) is 0 Å². The molecule has 7 aromatic rings. The van der Waals surface area contributed by atoms with Crippen LogP contribution in [0.1, 0.15) is 105 Å². The molecule has 0 amide bonds. The Hall–Kier alpha value is -4.67. The van der Waals surface area contributed by atoms with Gasteiger partial charge in [-0.15, -0.1) is 12.6 Å². The molecule has 0 unspecified atom stereocenters. The van der Waals surface area contributed by atoms with Crippen LogP contribution in [0.25, 0.3) is 61.3 Å². The average molecular weight is 730 g/mol. The van der Waals surface area contributed by atoms with E-state index in [1.165, 1.54) is 38.6 Å². The summed E-state index contributed by atoms with van der Waals surface area (Å²) in [6.07, 6.45) is 1.93. The van der Waals surface area contributed by atoms with E-state index in [1.54, 1.807) is 0 Å². The van der Waals surface area contributed by atoms with Crippen LogP contribution >= 0.6 is 12.6 Å². The first-order chi connectivity index (χ1) is 25.2. The predicted molar refractivity (Wildman–Crippen MR) is 235 cm³/mol. The number of nitrogens with zero attached hydrogens (tertiary/aromatic N) is 3. The Morgan fingerprint density at radius 3 is 1.74 bits per heavy atom. The highest BCUT2D eigenvalue weighted by Gasteiger charge is 2.27. The summed E-state index contributed by atoms with van der Waals surface area (Å²) >= 11 is 5.25. The van der Waals surface area contributed by atoms with Crippen LogP contribution in [0.4, 0.5) is 0 Å². The molecule has 0 aliphatic carbocycles. The van der Waals surface area contributed by atoms with Crippen molar-refractivity contribution < 1.29 is 0 Å². The number of para-hydroxylation sites is 1. The Bertz CT molecular complexity index is 2520. The highest BCUT2D eigenvalue weighted by molar-refractivity contribution is 7.80. The minimum atomic E-state index is -0.114. The summed E-state index contributed by atoms with van der Waals surface area (Å²) in [5, 5.41) is 2.39. The van der Waals surface area contributed by atoms with Crippen molar-refractivity contribution in [1.82, 2.24) is 14.5 Å². The maximum absolute atomic E-state index is 5.55. The quantitative estimate of drug-likeness (QED) is 0.183. The van der Waals surface area contributed by atoms with Crippen molar-refractivity contribution in [3.05, 3.63) is 132 Å². The number of benzene rings is 4. The molecule has 0 atom stereocenters. The third-order valence-electron chi connectivity index (χ3n) is 10.8. The lowest BCUT2D eigenvalue weighted by Crippen LogP contribution is -2.18. The van der Waals surface area contributed by atoms with Crippen molar-refractivity contribution in [3.8, 4) is 39.5 Å². The molecule has 3 heterocycles. The van der Waals surface area contributed by atoms with E-state index in [9.17, 15) is 0 Å². The van der Waals surface area contributed by atoms with Gasteiger partial charge < -0.3 is 0 Å². The molecule has 0 fully saturated rings. The fourth-order valence-electron chi connectivity index (χ4n) is 7.34. The minimum absolute atomic E-state index is 0.0366. The molecule has 0 bridgehead atoms. The largest absolute Gasteiger partial charge is 0.294 e. The Labute approximate surface area is 328 Å².